The Kier molecular flexibility index (Phi) is 7.01. The number of benzene rings is 1. The lowest BCUT2D eigenvalue weighted by Gasteiger charge is -2.19. The monoisotopic (exact) mass is 328 g/mol. The second-order valence-electron chi connectivity index (χ2n) is 5.94. The van der Waals surface area contributed by atoms with Gasteiger partial charge in [-0.2, -0.15) is 0 Å². The molecule has 5 heteroatoms. The summed E-state index contributed by atoms with van der Waals surface area (Å²) in [4.78, 5) is 11.8. The van der Waals surface area contributed by atoms with E-state index in [-0.39, 0.29) is 30.7 Å². The maximum Gasteiger partial charge on any atom is 0.310 e. The Bertz CT molecular complexity index is 510. The van der Waals surface area contributed by atoms with Gasteiger partial charge in [0.05, 0.1) is 24.7 Å². The Balaban J connectivity index is 3.05. The average Bonchev–Trinajstić information content (AvgIpc) is 2.32. The average molecular weight is 329 g/mol. The van der Waals surface area contributed by atoms with Crippen LogP contribution in [0.4, 0.5) is 0 Å². The molecule has 1 aromatic rings. The lowest BCUT2D eigenvalue weighted by molar-refractivity contribution is -0.146. The highest BCUT2D eigenvalue weighted by molar-refractivity contribution is 6.31. The smallest absolute Gasteiger partial charge is 0.310 e. The third-order valence-electron chi connectivity index (χ3n) is 2.54. The Morgan fingerprint density at radius 3 is 1.91 bits per heavy atom. The van der Waals surface area contributed by atoms with E-state index >= 15 is 0 Å². The molecule has 0 fully saturated rings. The standard InChI is InChI=1S/C17H25ClO4/c1-10(2)20-15-7-13(8-17(19)22-12(5)6)14(18)9-16(15)21-11(3)4/h7,9-12H,8H2,1-6H3. The summed E-state index contributed by atoms with van der Waals surface area (Å²) >= 11 is 6.26. The van der Waals surface area contributed by atoms with Crippen molar-refractivity contribution in [1.82, 2.24) is 0 Å². The number of hydrogen-bond donors (Lipinski definition) is 0. The molecule has 0 N–H and O–H groups in total. The summed E-state index contributed by atoms with van der Waals surface area (Å²) in [7, 11) is 0. The third-order valence-corrected chi connectivity index (χ3v) is 2.89. The van der Waals surface area contributed by atoms with Crippen LogP contribution < -0.4 is 9.47 Å². The van der Waals surface area contributed by atoms with Crippen molar-refractivity contribution in [3.8, 4) is 11.5 Å². The molecule has 0 radical (unpaired) electrons. The quantitative estimate of drug-likeness (QED) is 0.695. The van der Waals surface area contributed by atoms with Crippen LogP contribution in [0.2, 0.25) is 5.02 Å². The predicted octanol–water partition coefficient (Wildman–Crippen LogP) is 4.41. The first kappa shape index (κ1) is 18.6. The number of esters is 1. The molecule has 0 bridgehead atoms. The molecule has 0 saturated carbocycles. The van der Waals surface area contributed by atoms with Gasteiger partial charge in [-0.25, -0.2) is 0 Å². The zero-order valence-corrected chi connectivity index (χ0v) is 14.9. The van der Waals surface area contributed by atoms with Gasteiger partial charge < -0.3 is 14.2 Å². The predicted molar refractivity (Wildman–Crippen MR) is 87.9 cm³/mol. The summed E-state index contributed by atoms with van der Waals surface area (Å²) in [6.45, 7) is 11.3. The zero-order chi connectivity index (χ0) is 16.9. The number of ether oxygens (including phenoxy) is 3. The highest BCUT2D eigenvalue weighted by Gasteiger charge is 2.16. The SMILES string of the molecule is CC(C)OC(=O)Cc1cc(OC(C)C)c(OC(C)C)cc1Cl. The van der Waals surface area contributed by atoms with Gasteiger partial charge in [0.2, 0.25) is 0 Å². The van der Waals surface area contributed by atoms with Crippen molar-refractivity contribution in [2.24, 2.45) is 0 Å². The van der Waals surface area contributed by atoms with Crippen LogP contribution in [0.25, 0.3) is 0 Å². The largest absolute Gasteiger partial charge is 0.487 e. The molecule has 0 aromatic heterocycles. The summed E-state index contributed by atoms with van der Waals surface area (Å²) in [5.74, 6) is 0.847. The molecule has 0 spiro atoms. The highest BCUT2D eigenvalue weighted by Crippen LogP contribution is 2.35. The van der Waals surface area contributed by atoms with Crippen LogP contribution in [-0.4, -0.2) is 24.3 Å². The van der Waals surface area contributed by atoms with Crippen molar-refractivity contribution < 1.29 is 19.0 Å². The van der Waals surface area contributed by atoms with Crippen molar-refractivity contribution in [3.63, 3.8) is 0 Å². The molecule has 0 aliphatic carbocycles. The fourth-order valence-corrected chi connectivity index (χ4v) is 2.09. The Hall–Kier alpha value is -1.42. The molecule has 0 heterocycles. The summed E-state index contributed by atoms with van der Waals surface area (Å²) in [5, 5.41) is 0.465. The summed E-state index contributed by atoms with van der Waals surface area (Å²) < 4.78 is 16.6. The first-order valence-corrected chi connectivity index (χ1v) is 7.92. The van der Waals surface area contributed by atoms with Gasteiger partial charge in [-0.15, -0.1) is 0 Å². The number of carbonyl (C=O) groups is 1. The van der Waals surface area contributed by atoms with Gasteiger partial charge in [0, 0.05) is 11.1 Å². The van der Waals surface area contributed by atoms with Gasteiger partial charge >= 0.3 is 5.97 Å². The van der Waals surface area contributed by atoms with Crippen LogP contribution in [0.5, 0.6) is 11.5 Å². The Morgan fingerprint density at radius 2 is 1.45 bits per heavy atom. The molecule has 0 amide bonds. The lowest BCUT2D eigenvalue weighted by atomic mass is 10.1. The fraction of sp³-hybridized carbons (Fsp3) is 0.588. The first-order valence-electron chi connectivity index (χ1n) is 7.54. The molecule has 4 nitrogen and oxygen atoms in total. The number of halogens is 1. The molecule has 0 aliphatic rings. The van der Waals surface area contributed by atoms with Crippen LogP contribution in [0.15, 0.2) is 12.1 Å². The minimum absolute atomic E-state index is 0.00216. The van der Waals surface area contributed by atoms with Gasteiger partial charge in [-0.1, -0.05) is 11.6 Å². The molecule has 0 atom stereocenters. The molecule has 1 aromatic carbocycles. The molecule has 0 aliphatic heterocycles. The second-order valence-corrected chi connectivity index (χ2v) is 6.35. The van der Waals surface area contributed by atoms with E-state index < -0.39 is 0 Å². The van der Waals surface area contributed by atoms with E-state index in [1.54, 1.807) is 12.1 Å². The summed E-state index contributed by atoms with van der Waals surface area (Å²) in [5.41, 5.74) is 0.666. The van der Waals surface area contributed by atoms with Crippen LogP contribution in [0.1, 0.15) is 47.1 Å². The highest BCUT2D eigenvalue weighted by atomic mass is 35.5. The second kappa shape index (κ2) is 8.28. The molecule has 0 saturated heterocycles. The van der Waals surface area contributed by atoms with E-state index in [1.165, 1.54) is 0 Å². The van der Waals surface area contributed by atoms with E-state index in [0.717, 1.165) is 0 Å². The minimum atomic E-state index is -0.315. The van der Waals surface area contributed by atoms with E-state index in [4.69, 9.17) is 25.8 Å². The van der Waals surface area contributed by atoms with Crippen molar-refractivity contribution >= 4 is 17.6 Å². The van der Waals surface area contributed by atoms with Gasteiger partial charge in [-0.3, -0.25) is 4.79 Å². The molecule has 1 rings (SSSR count). The van der Waals surface area contributed by atoms with Crippen LogP contribution >= 0.6 is 11.6 Å². The van der Waals surface area contributed by atoms with Crippen LogP contribution in [-0.2, 0) is 16.0 Å². The topological polar surface area (TPSA) is 44.8 Å². The minimum Gasteiger partial charge on any atom is -0.487 e. The van der Waals surface area contributed by atoms with Gasteiger partial charge in [0.25, 0.3) is 0 Å². The van der Waals surface area contributed by atoms with Gasteiger partial charge in [0.1, 0.15) is 0 Å². The number of carbonyl (C=O) groups excluding carboxylic acids is 1. The van der Waals surface area contributed by atoms with Crippen molar-refractivity contribution in [2.45, 2.75) is 66.3 Å². The van der Waals surface area contributed by atoms with E-state index in [2.05, 4.69) is 0 Å². The van der Waals surface area contributed by atoms with E-state index in [1.807, 2.05) is 41.5 Å². The molecule has 124 valence electrons. The fourth-order valence-electron chi connectivity index (χ4n) is 1.86. The summed E-state index contributed by atoms with van der Waals surface area (Å²) in [6, 6.07) is 3.44. The molecular weight excluding hydrogens is 304 g/mol. The van der Waals surface area contributed by atoms with E-state index in [0.29, 0.717) is 22.1 Å². The van der Waals surface area contributed by atoms with Crippen molar-refractivity contribution in [2.75, 3.05) is 0 Å². The third kappa shape index (κ3) is 6.14. The van der Waals surface area contributed by atoms with Gasteiger partial charge in [0.15, 0.2) is 11.5 Å². The van der Waals surface area contributed by atoms with Crippen molar-refractivity contribution in [1.29, 1.82) is 0 Å². The maximum absolute atomic E-state index is 11.8. The number of rotatable bonds is 7. The molecule has 22 heavy (non-hydrogen) atoms. The Labute approximate surface area is 137 Å². The van der Waals surface area contributed by atoms with Crippen LogP contribution in [0, 0.1) is 0 Å². The molecule has 0 unspecified atom stereocenters. The lowest BCUT2D eigenvalue weighted by Crippen LogP contribution is -2.15. The first-order chi connectivity index (χ1) is 10.2. The van der Waals surface area contributed by atoms with E-state index in [9.17, 15) is 4.79 Å². The van der Waals surface area contributed by atoms with Gasteiger partial charge in [-0.05, 0) is 53.2 Å². The maximum atomic E-state index is 11.8. The zero-order valence-electron chi connectivity index (χ0n) is 14.1. The number of hydrogen-bond acceptors (Lipinski definition) is 4. The summed E-state index contributed by atoms with van der Waals surface area (Å²) in [6.07, 6.45) is -0.0531. The van der Waals surface area contributed by atoms with Crippen LogP contribution in [0.3, 0.4) is 0 Å². The Morgan fingerprint density at radius 1 is 0.955 bits per heavy atom. The molecular formula is C17H25ClO4. The normalized spacial score (nSPS) is 11.2. The van der Waals surface area contributed by atoms with Crippen molar-refractivity contribution in [3.05, 3.63) is 22.7 Å².